The Hall–Kier alpha value is -2.64. The van der Waals surface area contributed by atoms with Crippen molar-refractivity contribution in [1.29, 1.82) is 0 Å². The molecule has 0 atom stereocenters. The predicted octanol–water partition coefficient (Wildman–Crippen LogP) is 2.18. The van der Waals surface area contributed by atoms with E-state index in [0.717, 1.165) is 12.8 Å². The molecule has 8 nitrogen and oxygen atoms in total. The summed E-state index contributed by atoms with van der Waals surface area (Å²) >= 11 is 0. The Morgan fingerprint density at radius 3 is 2.42 bits per heavy atom. The Balaban J connectivity index is 2.18. The number of nitro groups is 1. The number of anilines is 1. The number of nitrogens with zero attached hydrogens (tertiary/aromatic N) is 3. The molecule has 1 fully saturated rings. The minimum Gasteiger partial charge on any atom is -0.366 e. The fourth-order valence-corrected chi connectivity index (χ4v) is 3.18. The van der Waals surface area contributed by atoms with E-state index in [-0.39, 0.29) is 35.1 Å². The van der Waals surface area contributed by atoms with Gasteiger partial charge < -0.3 is 15.1 Å². The molecule has 1 N–H and O–H groups in total. The zero-order valence-corrected chi connectivity index (χ0v) is 15.7. The molecule has 8 heteroatoms. The predicted molar refractivity (Wildman–Crippen MR) is 99.4 cm³/mol. The van der Waals surface area contributed by atoms with E-state index < -0.39 is 4.92 Å². The molecule has 142 valence electrons. The highest BCUT2D eigenvalue weighted by Crippen LogP contribution is 2.32. The smallest absolute Gasteiger partial charge is 0.293 e. The Kier molecular flexibility index (Phi) is 6.18. The quantitative estimate of drug-likeness (QED) is 0.640. The van der Waals surface area contributed by atoms with E-state index in [1.54, 1.807) is 24.1 Å². The van der Waals surface area contributed by atoms with Gasteiger partial charge in [0.05, 0.1) is 4.92 Å². The van der Waals surface area contributed by atoms with Gasteiger partial charge in [-0.1, -0.05) is 0 Å². The third-order valence-corrected chi connectivity index (χ3v) is 4.70. The maximum absolute atomic E-state index is 12.1. The van der Waals surface area contributed by atoms with E-state index in [2.05, 4.69) is 5.32 Å². The Morgan fingerprint density at radius 1 is 1.31 bits per heavy atom. The van der Waals surface area contributed by atoms with Crippen molar-refractivity contribution in [3.8, 4) is 0 Å². The highest BCUT2D eigenvalue weighted by Gasteiger charge is 2.28. The molecule has 0 aromatic heterocycles. The van der Waals surface area contributed by atoms with Crippen LogP contribution in [0.2, 0.25) is 0 Å². The Labute approximate surface area is 153 Å². The largest absolute Gasteiger partial charge is 0.366 e. The van der Waals surface area contributed by atoms with Crippen LogP contribution in [0.4, 0.5) is 11.4 Å². The molecule has 0 aliphatic carbocycles. The third kappa shape index (κ3) is 4.50. The van der Waals surface area contributed by atoms with Gasteiger partial charge >= 0.3 is 0 Å². The first kappa shape index (κ1) is 19.7. The van der Waals surface area contributed by atoms with Crippen LogP contribution in [0, 0.1) is 10.1 Å². The lowest BCUT2D eigenvalue weighted by Gasteiger charge is -2.37. The van der Waals surface area contributed by atoms with E-state index >= 15 is 0 Å². The first-order valence-electron chi connectivity index (χ1n) is 8.78. The van der Waals surface area contributed by atoms with Crippen molar-refractivity contribution < 1.29 is 14.5 Å². The molecule has 1 aromatic carbocycles. The van der Waals surface area contributed by atoms with Crippen LogP contribution in [-0.2, 0) is 4.79 Å². The van der Waals surface area contributed by atoms with Crippen molar-refractivity contribution in [3.63, 3.8) is 0 Å². The second-order valence-corrected chi connectivity index (χ2v) is 6.94. The number of nitrogens with one attached hydrogen (secondary N) is 1. The summed E-state index contributed by atoms with van der Waals surface area (Å²) in [6, 6.07) is 4.70. The van der Waals surface area contributed by atoms with Crippen LogP contribution in [-0.4, -0.2) is 53.9 Å². The van der Waals surface area contributed by atoms with E-state index in [0.29, 0.717) is 18.8 Å². The average molecular weight is 362 g/mol. The number of amides is 2. The van der Waals surface area contributed by atoms with Gasteiger partial charge in [0.15, 0.2) is 0 Å². The summed E-state index contributed by atoms with van der Waals surface area (Å²) in [5.41, 5.74) is 0.722. The third-order valence-electron chi connectivity index (χ3n) is 4.70. The first-order chi connectivity index (χ1) is 12.2. The van der Waals surface area contributed by atoms with Crippen molar-refractivity contribution in [2.24, 2.45) is 0 Å². The highest BCUT2D eigenvalue weighted by atomic mass is 16.6. The average Bonchev–Trinajstić information content (AvgIpc) is 2.60. The molecule has 0 bridgehead atoms. The zero-order valence-electron chi connectivity index (χ0n) is 15.7. The maximum atomic E-state index is 12.1. The van der Waals surface area contributed by atoms with Gasteiger partial charge in [-0.15, -0.1) is 0 Å². The second kappa shape index (κ2) is 8.16. The molecule has 0 saturated carbocycles. The van der Waals surface area contributed by atoms with Gasteiger partial charge in [0.25, 0.3) is 11.6 Å². The molecule has 1 aliphatic heterocycles. The van der Waals surface area contributed by atoms with Gasteiger partial charge in [0, 0.05) is 50.8 Å². The maximum Gasteiger partial charge on any atom is 0.293 e. The molecule has 2 rings (SSSR count). The summed E-state index contributed by atoms with van der Waals surface area (Å²) in [5.74, 6) is -0.300. The summed E-state index contributed by atoms with van der Waals surface area (Å²) in [5, 5.41) is 14.3. The summed E-state index contributed by atoms with van der Waals surface area (Å²) in [7, 11) is 1.78. The number of piperidine rings is 1. The topological polar surface area (TPSA) is 95.8 Å². The lowest BCUT2D eigenvalue weighted by molar-refractivity contribution is -0.384. The lowest BCUT2D eigenvalue weighted by Crippen LogP contribution is -2.45. The van der Waals surface area contributed by atoms with Gasteiger partial charge in [-0.3, -0.25) is 19.7 Å². The van der Waals surface area contributed by atoms with Gasteiger partial charge in [-0.05, 0) is 38.8 Å². The molecule has 2 amide bonds. The summed E-state index contributed by atoms with van der Waals surface area (Å²) in [6.07, 6.45) is 1.51. The van der Waals surface area contributed by atoms with E-state index in [1.165, 1.54) is 13.0 Å². The van der Waals surface area contributed by atoms with Crippen molar-refractivity contribution in [2.45, 2.75) is 45.7 Å². The summed E-state index contributed by atoms with van der Waals surface area (Å²) < 4.78 is 0. The number of nitro benzene ring substituents is 1. The van der Waals surface area contributed by atoms with Crippen LogP contribution in [0.3, 0.4) is 0 Å². The van der Waals surface area contributed by atoms with Crippen LogP contribution >= 0.6 is 0 Å². The monoisotopic (exact) mass is 362 g/mol. The van der Waals surface area contributed by atoms with Gasteiger partial charge in [-0.2, -0.15) is 0 Å². The lowest BCUT2D eigenvalue weighted by atomic mass is 10.0. The first-order valence-corrected chi connectivity index (χ1v) is 8.78. The molecule has 1 saturated heterocycles. The molecule has 26 heavy (non-hydrogen) atoms. The minimum absolute atomic E-state index is 0.0231. The Morgan fingerprint density at radius 2 is 1.92 bits per heavy atom. The molecule has 1 aliphatic rings. The van der Waals surface area contributed by atoms with Crippen LogP contribution in [0.1, 0.15) is 44.0 Å². The van der Waals surface area contributed by atoms with E-state index in [9.17, 15) is 19.7 Å². The second-order valence-electron chi connectivity index (χ2n) is 6.94. The Bertz CT molecular complexity index is 696. The van der Waals surface area contributed by atoms with Crippen molar-refractivity contribution in [1.82, 2.24) is 10.2 Å². The van der Waals surface area contributed by atoms with Gasteiger partial charge in [-0.25, -0.2) is 0 Å². The number of benzene rings is 1. The van der Waals surface area contributed by atoms with Crippen molar-refractivity contribution >= 4 is 23.2 Å². The molecular weight excluding hydrogens is 336 g/mol. The number of hydrogen-bond donors (Lipinski definition) is 1. The van der Waals surface area contributed by atoms with E-state index in [1.807, 2.05) is 18.7 Å². The summed E-state index contributed by atoms with van der Waals surface area (Å²) in [6.45, 7) is 6.46. The standard InChI is InChI=1S/C18H26N4O4/c1-12(2)19-18(24)14-5-6-16(17(11-14)22(25)26)21-9-7-15(8-10-21)20(4)13(3)23/h5-6,11-12,15H,7-10H2,1-4H3,(H,19,24). The number of hydrogen-bond acceptors (Lipinski definition) is 5. The number of rotatable bonds is 5. The number of carbonyl (C=O) groups is 2. The molecule has 0 spiro atoms. The van der Waals surface area contributed by atoms with Crippen LogP contribution < -0.4 is 10.2 Å². The minimum atomic E-state index is -0.449. The van der Waals surface area contributed by atoms with Crippen LogP contribution in [0.15, 0.2) is 18.2 Å². The normalized spacial score (nSPS) is 15.0. The van der Waals surface area contributed by atoms with Gasteiger partial charge in [0.2, 0.25) is 5.91 Å². The summed E-state index contributed by atoms with van der Waals surface area (Å²) in [4.78, 5) is 38.4. The van der Waals surface area contributed by atoms with Crippen LogP contribution in [0.5, 0.6) is 0 Å². The van der Waals surface area contributed by atoms with E-state index in [4.69, 9.17) is 0 Å². The molecule has 1 heterocycles. The zero-order chi connectivity index (χ0) is 19.4. The molecule has 0 unspecified atom stereocenters. The van der Waals surface area contributed by atoms with Gasteiger partial charge in [0.1, 0.15) is 5.69 Å². The van der Waals surface area contributed by atoms with Crippen molar-refractivity contribution in [2.75, 3.05) is 25.0 Å². The SMILES string of the molecule is CC(=O)N(C)C1CCN(c2ccc(C(=O)NC(C)C)cc2[N+](=O)[O-])CC1. The molecule has 1 aromatic rings. The fourth-order valence-electron chi connectivity index (χ4n) is 3.18. The van der Waals surface area contributed by atoms with Crippen molar-refractivity contribution in [3.05, 3.63) is 33.9 Å². The van der Waals surface area contributed by atoms with Crippen LogP contribution in [0.25, 0.3) is 0 Å². The number of carbonyl (C=O) groups excluding carboxylic acids is 2. The molecular formula is C18H26N4O4. The highest BCUT2D eigenvalue weighted by molar-refractivity contribution is 5.96. The molecule has 0 radical (unpaired) electrons. The fraction of sp³-hybridized carbons (Fsp3) is 0.556.